The summed E-state index contributed by atoms with van der Waals surface area (Å²) in [6.07, 6.45) is 4.37. The molecule has 20 heavy (non-hydrogen) atoms. The lowest BCUT2D eigenvalue weighted by Gasteiger charge is -2.28. The second-order valence-corrected chi connectivity index (χ2v) is 5.75. The highest BCUT2D eigenvalue weighted by atomic mass is 32.1. The first kappa shape index (κ1) is 15.0. The van der Waals surface area contributed by atoms with Crippen LogP contribution >= 0.6 is 11.3 Å². The molecule has 0 atom stereocenters. The predicted octanol–water partition coefficient (Wildman–Crippen LogP) is 1.44. The standard InChI is InChI=1S/C15H20N2O2S/c16-8-3-4-12-7-11-20-14(12)15(19)17(9-10-18)13-5-1-2-6-13/h7,11,13,18H,1-2,5-6,8-10,16H2. The molecule has 0 unspecified atom stereocenters. The third-order valence-corrected chi connectivity index (χ3v) is 4.45. The van der Waals surface area contributed by atoms with Crippen molar-refractivity contribution in [3.05, 3.63) is 21.9 Å². The molecule has 0 aliphatic heterocycles. The van der Waals surface area contributed by atoms with Crippen LogP contribution in [0.2, 0.25) is 0 Å². The number of nitrogens with two attached hydrogens (primary N) is 1. The average Bonchev–Trinajstić information content (AvgIpc) is 3.12. The summed E-state index contributed by atoms with van der Waals surface area (Å²) in [5.74, 6) is 5.73. The largest absolute Gasteiger partial charge is 0.395 e. The third kappa shape index (κ3) is 3.40. The first-order valence-corrected chi connectivity index (χ1v) is 7.84. The Labute approximate surface area is 123 Å². The van der Waals surface area contributed by atoms with Crippen molar-refractivity contribution in [1.82, 2.24) is 4.90 Å². The monoisotopic (exact) mass is 292 g/mol. The van der Waals surface area contributed by atoms with E-state index < -0.39 is 0 Å². The lowest BCUT2D eigenvalue weighted by molar-refractivity contribution is 0.0643. The van der Waals surface area contributed by atoms with E-state index in [0.717, 1.165) is 31.2 Å². The van der Waals surface area contributed by atoms with Crippen molar-refractivity contribution in [3.63, 3.8) is 0 Å². The first-order valence-electron chi connectivity index (χ1n) is 6.96. The number of carbonyl (C=O) groups excluding carboxylic acids is 1. The van der Waals surface area contributed by atoms with Crippen LogP contribution in [-0.4, -0.2) is 41.7 Å². The number of aliphatic hydroxyl groups is 1. The van der Waals surface area contributed by atoms with E-state index in [4.69, 9.17) is 5.73 Å². The lowest BCUT2D eigenvalue weighted by atomic mass is 10.1. The minimum Gasteiger partial charge on any atom is -0.395 e. The van der Waals surface area contributed by atoms with Gasteiger partial charge in [0.1, 0.15) is 4.88 Å². The SMILES string of the molecule is NCC#Cc1ccsc1C(=O)N(CCO)C1CCCC1. The number of carbonyl (C=O) groups is 1. The fourth-order valence-electron chi connectivity index (χ4n) is 2.62. The molecule has 1 aliphatic rings. The van der Waals surface area contributed by atoms with Gasteiger partial charge in [0.25, 0.3) is 5.91 Å². The zero-order valence-electron chi connectivity index (χ0n) is 11.5. The van der Waals surface area contributed by atoms with Crippen LogP contribution in [0.1, 0.15) is 40.9 Å². The number of rotatable bonds is 4. The quantitative estimate of drug-likeness (QED) is 0.825. The molecular formula is C15H20N2O2S. The van der Waals surface area contributed by atoms with Gasteiger partial charge in [0.05, 0.1) is 13.2 Å². The van der Waals surface area contributed by atoms with Crippen LogP contribution < -0.4 is 5.73 Å². The van der Waals surface area contributed by atoms with Gasteiger partial charge in [-0.3, -0.25) is 4.79 Å². The van der Waals surface area contributed by atoms with Crippen molar-refractivity contribution < 1.29 is 9.90 Å². The zero-order chi connectivity index (χ0) is 14.4. The predicted molar refractivity (Wildman–Crippen MR) is 80.6 cm³/mol. The Balaban J connectivity index is 2.20. The topological polar surface area (TPSA) is 66.6 Å². The molecule has 0 bridgehead atoms. The Morgan fingerprint density at radius 2 is 2.25 bits per heavy atom. The van der Waals surface area contributed by atoms with Crippen LogP contribution in [0, 0.1) is 11.8 Å². The average molecular weight is 292 g/mol. The van der Waals surface area contributed by atoms with Crippen LogP contribution in [0.3, 0.4) is 0 Å². The van der Waals surface area contributed by atoms with Crippen LogP contribution in [0.5, 0.6) is 0 Å². The van der Waals surface area contributed by atoms with E-state index in [-0.39, 0.29) is 25.1 Å². The molecule has 1 amide bonds. The number of hydrogen-bond donors (Lipinski definition) is 2. The van der Waals surface area contributed by atoms with Crippen LogP contribution in [0.15, 0.2) is 11.4 Å². The highest BCUT2D eigenvalue weighted by Crippen LogP contribution is 2.27. The van der Waals surface area contributed by atoms with Crippen LogP contribution in [0.25, 0.3) is 0 Å². The smallest absolute Gasteiger partial charge is 0.265 e. The van der Waals surface area contributed by atoms with Gasteiger partial charge in [-0.1, -0.05) is 24.7 Å². The molecule has 1 aliphatic carbocycles. The van der Waals surface area contributed by atoms with Gasteiger partial charge in [0.15, 0.2) is 0 Å². The summed E-state index contributed by atoms with van der Waals surface area (Å²) in [7, 11) is 0. The molecule has 4 nitrogen and oxygen atoms in total. The zero-order valence-corrected chi connectivity index (χ0v) is 12.3. The Bertz CT molecular complexity index is 509. The van der Waals surface area contributed by atoms with E-state index in [9.17, 15) is 9.90 Å². The van der Waals surface area contributed by atoms with Crippen molar-refractivity contribution in [1.29, 1.82) is 0 Å². The summed E-state index contributed by atoms with van der Waals surface area (Å²) in [5, 5.41) is 11.1. The molecule has 1 heterocycles. The number of nitrogens with zero attached hydrogens (tertiary/aromatic N) is 1. The summed E-state index contributed by atoms with van der Waals surface area (Å²) in [5.41, 5.74) is 6.12. The van der Waals surface area contributed by atoms with Crippen LogP contribution in [0.4, 0.5) is 0 Å². The lowest BCUT2D eigenvalue weighted by Crippen LogP contribution is -2.40. The van der Waals surface area contributed by atoms with Crippen LogP contribution in [-0.2, 0) is 0 Å². The summed E-state index contributed by atoms with van der Waals surface area (Å²) in [4.78, 5) is 15.2. The first-order chi connectivity index (χ1) is 9.77. The summed E-state index contributed by atoms with van der Waals surface area (Å²) in [6, 6.07) is 2.11. The van der Waals surface area contributed by atoms with E-state index in [1.54, 1.807) is 0 Å². The Morgan fingerprint density at radius 1 is 1.50 bits per heavy atom. The van der Waals surface area contributed by atoms with Gasteiger partial charge in [-0.05, 0) is 24.3 Å². The number of hydrogen-bond acceptors (Lipinski definition) is 4. The number of thiophene rings is 1. The van der Waals surface area contributed by atoms with Crippen molar-refractivity contribution in [3.8, 4) is 11.8 Å². The summed E-state index contributed by atoms with van der Waals surface area (Å²) in [6.45, 7) is 0.676. The maximum Gasteiger partial charge on any atom is 0.265 e. The Kier molecular flexibility index (Phi) is 5.60. The Morgan fingerprint density at radius 3 is 2.90 bits per heavy atom. The van der Waals surface area contributed by atoms with Crippen molar-refractivity contribution in [2.75, 3.05) is 19.7 Å². The van der Waals surface area contributed by atoms with E-state index in [0.29, 0.717) is 11.4 Å². The fourth-order valence-corrected chi connectivity index (χ4v) is 3.43. The highest BCUT2D eigenvalue weighted by Gasteiger charge is 2.28. The molecule has 0 aromatic carbocycles. The molecule has 108 valence electrons. The van der Waals surface area contributed by atoms with Gasteiger partial charge < -0.3 is 15.7 Å². The van der Waals surface area contributed by atoms with Gasteiger partial charge in [0.2, 0.25) is 0 Å². The molecule has 1 saturated carbocycles. The molecule has 1 aromatic rings. The number of amides is 1. The van der Waals surface area contributed by atoms with Gasteiger partial charge >= 0.3 is 0 Å². The van der Waals surface area contributed by atoms with Crippen molar-refractivity contribution in [2.45, 2.75) is 31.7 Å². The highest BCUT2D eigenvalue weighted by molar-refractivity contribution is 7.12. The van der Waals surface area contributed by atoms with Crippen molar-refractivity contribution >= 4 is 17.2 Å². The van der Waals surface area contributed by atoms with Crippen molar-refractivity contribution in [2.24, 2.45) is 5.73 Å². The minimum atomic E-state index is -0.0118. The Hall–Kier alpha value is -1.35. The summed E-state index contributed by atoms with van der Waals surface area (Å²) < 4.78 is 0. The molecule has 0 radical (unpaired) electrons. The maximum absolute atomic E-state index is 12.7. The molecule has 1 fully saturated rings. The van der Waals surface area contributed by atoms with E-state index in [2.05, 4.69) is 11.8 Å². The fraction of sp³-hybridized carbons (Fsp3) is 0.533. The molecule has 3 N–H and O–H groups in total. The second kappa shape index (κ2) is 7.44. The van der Waals surface area contributed by atoms with E-state index >= 15 is 0 Å². The second-order valence-electron chi connectivity index (χ2n) is 4.83. The molecular weight excluding hydrogens is 272 g/mol. The van der Waals surface area contributed by atoms with Gasteiger partial charge in [-0.25, -0.2) is 0 Å². The normalized spacial score (nSPS) is 14.9. The maximum atomic E-state index is 12.7. The third-order valence-electron chi connectivity index (χ3n) is 3.55. The van der Waals surface area contributed by atoms with Gasteiger partial charge in [-0.15, -0.1) is 11.3 Å². The molecule has 1 aromatic heterocycles. The van der Waals surface area contributed by atoms with Gasteiger partial charge in [-0.2, -0.15) is 0 Å². The van der Waals surface area contributed by atoms with Gasteiger partial charge in [0, 0.05) is 18.2 Å². The summed E-state index contributed by atoms with van der Waals surface area (Å²) >= 11 is 1.40. The minimum absolute atomic E-state index is 0.00255. The molecule has 0 saturated heterocycles. The molecule has 5 heteroatoms. The van der Waals surface area contributed by atoms with E-state index in [1.807, 2.05) is 16.3 Å². The molecule has 2 rings (SSSR count). The number of aliphatic hydroxyl groups excluding tert-OH is 1. The van der Waals surface area contributed by atoms with E-state index in [1.165, 1.54) is 11.3 Å². The molecule has 0 spiro atoms.